The van der Waals surface area contributed by atoms with Crippen LogP contribution in [0.25, 0.3) is 0 Å². The fraction of sp³-hybridized carbons (Fsp3) is 0.158. The molecule has 2 aromatic carbocycles. The molecule has 2 N–H and O–H groups in total. The predicted octanol–water partition coefficient (Wildman–Crippen LogP) is 3.82. The first kappa shape index (κ1) is 24.0. The van der Waals surface area contributed by atoms with Gasteiger partial charge in [0.05, 0.1) is 17.9 Å². The fourth-order valence-corrected chi connectivity index (χ4v) is 5.51. The van der Waals surface area contributed by atoms with Crippen LogP contribution in [0.1, 0.15) is 15.9 Å². The molecule has 1 aromatic heterocycles. The van der Waals surface area contributed by atoms with Crippen LogP contribution in [-0.4, -0.2) is 43.4 Å². The number of aromatic nitrogens is 2. The maximum atomic E-state index is 12.8. The molecule has 0 aliphatic carbocycles. The zero-order valence-electron chi connectivity index (χ0n) is 16.8. The first-order valence-electron chi connectivity index (χ1n) is 8.91. The Balaban J connectivity index is 1.74. The SMILES string of the molecule is COC(=O)CSc1nnc(NC(=O)c2ccc(Cl)c(S(=O)(=O)Nc3ccc(C)cc3)c2)s1. The number of benzene rings is 2. The first-order valence-corrected chi connectivity index (χ1v) is 12.6. The molecule has 0 aliphatic rings. The number of nitrogens with zero attached hydrogens (tertiary/aromatic N) is 2. The fourth-order valence-electron chi connectivity index (χ4n) is 2.35. The molecule has 13 heteroatoms. The van der Waals surface area contributed by atoms with Crippen molar-refractivity contribution in [1.82, 2.24) is 10.2 Å². The largest absolute Gasteiger partial charge is 0.468 e. The van der Waals surface area contributed by atoms with Gasteiger partial charge in [0.1, 0.15) is 4.90 Å². The monoisotopic (exact) mass is 512 g/mol. The van der Waals surface area contributed by atoms with Crippen LogP contribution >= 0.6 is 34.7 Å². The number of hydrogen-bond donors (Lipinski definition) is 2. The normalized spacial score (nSPS) is 11.1. The quantitative estimate of drug-likeness (QED) is 0.265. The van der Waals surface area contributed by atoms with Crippen LogP contribution < -0.4 is 10.0 Å². The highest BCUT2D eigenvalue weighted by Gasteiger charge is 2.21. The number of anilines is 2. The van der Waals surface area contributed by atoms with Crippen molar-refractivity contribution in [1.29, 1.82) is 0 Å². The zero-order valence-corrected chi connectivity index (χ0v) is 20.0. The minimum absolute atomic E-state index is 0.0291. The van der Waals surface area contributed by atoms with E-state index in [1.165, 1.54) is 25.3 Å². The lowest BCUT2D eigenvalue weighted by Gasteiger charge is -2.11. The van der Waals surface area contributed by atoms with Gasteiger partial charge in [-0.2, -0.15) is 0 Å². The van der Waals surface area contributed by atoms with E-state index in [0.29, 0.717) is 10.0 Å². The minimum Gasteiger partial charge on any atom is -0.468 e. The van der Waals surface area contributed by atoms with Crippen LogP contribution in [0.5, 0.6) is 0 Å². The smallest absolute Gasteiger partial charge is 0.316 e. The Hall–Kier alpha value is -2.67. The Bertz CT molecular complexity index is 1250. The Morgan fingerprint density at radius 2 is 1.88 bits per heavy atom. The summed E-state index contributed by atoms with van der Waals surface area (Å²) in [5, 5.41) is 10.4. The highest BCUT2D eigenvalue weighted by molar-refractivity contribution is 8.01. The number of halogens is 1. The lowest BCUT2D eigenvalue weighted by atomic mass is 10.2. The summed E-state index contributed by atoms with van der Waals surface area (Å²) in [6, 6.07) is 10.7. The molecule has 9 nitrogen and oxygen atoms in total. The van der Waals surface area contributed by atoms with Crippen molar-refractivity contribution in [3.63, 3.8) is 0 Å². The lowest BCUT2D eigenvalue weighted by Crippen LogP contribution is -2.16. The van der Waals surface area contributed by atoms with E-state index in [1.807, 2.05) is 6.92 Å². The van der Waals surface area contributed by atoms with E-state index < -0.39 is 21.9 Å². The highest BCUT2D eigenvalue weighted by atomic mass is 35.5. The van der Waals surface area contributed by atoms with E-state index in [2.05, 4.69) is 25.0 Å². The van der Waals surface area contributed by atoms with Crippen molar-refractivity contribution in [3.05, 3.63) is 58.6 Å². The van der Waals surface area contributed by atoms with E-state index in [-0.39, 0.29) is 26.4 Å². The Morgan fingerprint density at radius 1 is 1.16 bits per heavy atom. The van der Waals surface area contributed by atoms with Gasteiger partial charge in [0.15, 0.2) is 4.34 Å². The van der Waals surface area contributed by atoms with Crippen molar-refractivity contribution in [2.75, 3.05) is 22.9 Å². The van der Waals surface area contributed by atoms with Gasteiger partial charge in [-0.25, -0.2) is 8.42 Å². The average molecular weight is 513 g/mol. The molecule has 3 aromatic rings. The molecular formula is C19H17ClN4O5S3. The van der Waals surface area contributed by atoms with Gasteiger partial charge in [-0.1, -0.05) is 52.4 Å². The van der Waals surface area contributed by atoms with Crippen molar-refractivity contribution >= 4 is 67.4 Å². The summed E-state index contributed by atoms with van der Waals surface area (Å²) in [7, 11) is -2.75. The number of sulfonamides is 1. The number of amides is 1. The van der Waals surface area contributed by atoms with Crippen LogP contribution in [-0.2, 0) is 19.6 Å². The number of ether oxygens (including phenoxy) is 1. The van der Waals surface area contributed by atoms with E-state index >= 15 is 0 Å². The molecule has 3 rings (SSSR count). The van der Waals surface area contributed by atoms with E-state index in [1.54, 1.807) is 24.3 Å². The summed E-state index contributed by atoms with van der Waals surface area (Å²) in [5.41, 5.74) is 1.41. The molecule has 0 unspecified atom stereocenters. The number of aryl methyl sites for hydroxylation is 1. The second-order valence-corrected chi connectivity index (χ2v) is 10.6. The third-order valence-electron chi connectivity index (χ3n) is 3.95. The second-order valence-electron chi connectivity index (χ2n) is 6.31. The van der Waals surface area contributed by atoms with Gasteiger partial charge in [-0.3, -0.25) is 19.6 Å². The molecule has 1 heterocycles. The second kappa shape index (κ2) is 10.3. The van der Waals surface area contributed by atoms with Crippen LogP contribution in [0.3, 0.4) is 0 Å². The number of rotatable bonds is 8. The van der Waals surface area contributed by atoms with Crippen molar-refractivity contribution < 1.29 is 22.7 Å². The maximum Gasteiger partial charge on any atom is 0.316 e. The van der Waals surface area contributed by atoms with Gasteiger partial charge in [-0.05, 0) is 37.3 Å². The number of hydrogen-bond acceptors (Lipinski definition) is 9. The van der Waals surface area contributed by atoms with Gasteiger partial charge in [0.25, 0.3) is 15.9 Å². The molecule has 0 saturated carbocycles. The summed E-state index contributed by atoms with van der Waals surface area (Å²) in [5.74, 6) is -0.940. The van der Waals surface area contributed by atoms with Crippen LogP contribution in [0.2, 0.25) is 5.02 Å². The Labute approximate surface area is 197 Å². The number of esters is 1. The molecule has 32 heavy (non-hydrogen) atoms. The number of carbonyl (C=O) groups excluding carboxylic acids is 2. The first-order chi connectivity index (χ1) is 15.2. The van der Waals surface area contributed by atoms with Gasteiger partial charge in [0.2, 0.25) is 5.13 Å². The van der Waals surface area contributed by atoms with Crippen molar-refractivity contribution in [3.8, 4) is 0 Å². The molecule has 0 bridgehead atoms. The third-order valence-corrected chi connectivity index (χ3v) is 7.76. The summed E-state index contributed by atoms with van der Waals surface area (Å²) in [6.45, 7) is 1.88. The number of carbonyl (C=O) groups is 2. The van der Waals surface area contributed by atoms with Crippen LogP contribution in [0.15, 0.2) is 51.7 Å². The van der Waals surface area contributed by atoms with Gasteiger partial charge in [0, 0.05) is 11.3 Å². The topological polar surface area (TPSA) is 127 Å². The van der Waals surface area contributed by atoms with Gasteiger partial charge in [-0.15, -0.1) is 10.2 Å². The minimum atomic E-state index is -4.03. The Kier molecular flexibility index (Phi) is 7.72. The maximum absolute atomic E-state index is 12.8. The molecule has 168 valence electrons. The number of nitrogens with one attached hydrogen (secondary N) is 2. The molecular weight excluding hydrogens is 496 g/mol. The zero-order chi connectivity index (χ0) is 23.3. The summed E-state index contributed by atoms with van der Waals surface area (Å²) < 4.78 is 33.1. The van der Waals surface area contributed by atoms with Gasteiger partial charge >= 0.3 is 5.97 Å². The van der Waals surface area contributed by atoms with E-state index in [9.17, 15) is 18.0 Å². The summed E-state index contributed by atoms with van der Waals surface area (Å²) in [6.07, 6.45) is 0. The number of thioether (sulfide) groups is 1. The Morgan fingerprint density at radius 3 is 2.56 bits per heavy atom. The summed E-state index contributed by atoms with van der Waals surface area (Å²) in [4.78, 5) is 23.6. The third kappa shape index (κ3) is 6.19. The molecule has 0 fully saturated rings. The van der Waals surface area contributed by atoms with E-state index in [4.69, 9.17) is 11.6 Å². The van der Waals surface area contributed by atoms with Crippen molar-refractivity contribution in [2.45, 2.75) is 16.2 Å². The number of methoxy groups -OCH3 is 1. The van der Waals surface area contributed by atoms with Crippen LogP contribution in [0.4, 0.5) is 10.8 Å². The average Bonchev–Trinajstić information content (AvgIpc) is 3.20. The summed E-state index contributed by atoms with van der Waals surface area (Å²) >= 11 is 8.29. The van der Waals surface area contributed by atoms with E-state index in [0.717, 1.165) is 28.7 Å². The lowest BCUT2D eigenvalue weighted by molar-refractivity contribution is -0.137. The van der Waals surface area contributed by atoms with Crippen LogP contribution in [0, 0.1) is 6.92 Å². The highest BCUT2D eigenvalue weighted by Crippen LogP contribution is 2.28. The van der Waals surface area contributed by atoms with Crippen molar-refractivity contribution in [2.24, 2.45) is 0 Å². The molecule has 0 atom stereocenters. The standard InChI is InChI=1S/C19H17ClN4O5S3/c1-11-3-6-13(7-4-11)24-32(27,28)15-9-12(5-8-14(15)20)17(26)21-18-22-23-19(31-18)30-10-16(25)29-2/h3-9,24H,10H2,1-2H3,(H,21,22,26). The molecule has 0 aliphatic heterocycles. The molecule has 0 saturated heterocycles. The molecule has 1 amide bonds. The van der Waals surface area contributed by atoms with Gasteiger partial charge < -0.3 is 4.74 Å². The predicted molar refractivity (Wildman–Crippen MR) is 124 cm³/mol. The molecule has 0 spiro atoms. The molecule has 0 radical (unpaired) electrons.